The number of anilines is 2. The van der Waals surface area contributed by atoms with Gasteiger partial charge in [0.25, 0.3) is 0 Å². The van der Waals surface area contributed by atoms with Crippen molar-refractivity contribution in [3.8, 4) is 0 Å². The van der Waals surface area contributed by atoms with E-state index in [1.54, 1.807) is 0 Å². The summed E-state index contributed by atoms with van der Waals surface area (Å²) < 4.78 is 1.77. The van der Waals surface area contributed by atoms with Crippen LogP contribution in [0.3, 0.4) is 0 Å². The number of hydrogen-bond donors (Lipinski definition) is 6. The Labute approximate surface area is 178 Å². The molecule has 0 spiro atoms. The Bertz CT molecular complexity index is 596. The molecule has 1 aromatic carbocycles. The highest BCUT2D eigenvalue weighted by Gasteiger charge is 2.23. The van der Waals surface area contributed by atoms with Crippen LogP contribution in [0.5, 0.6) is 0 Å². The number of carbonyl (C=O) groups excluding carboxylic acids is 2. The highest BCUT2D eigenvalue weighted by Crippen LogP contribution is 2.39. The molecule has 1 atom stereocenters. The Balaban J connectivity index is 3.51. The third-order valence-corrected chi connectivity index (χ3v) is 6.33. The Morgan fingerprint density at radius 3 is 1.62 bits per heavy atom. The van der Waals surface area contributed by atoms with Gasteiger partial charge in [0, 0.05) is 13.6 Å². The second-order valence-corrected chi connectivity index (χ2v) is 7.86. The Hall–Kier alpha value is 0.190. The van der Waals surface area contributed by atoms with Crippen molar-refractivity contribution < 1.29 is 30.0 Å². The molecule has 1 aromatic rings. The maximum Gasteiger partial charge on any atom is 0.250 e. The summed E-state index contributed by atoms with van der Waals surface area (Å²) in [6.45, 7) is -1.84. The number of halogens is 3. The summed E-state index contributed by atoms with van der Waals surface area (Å²) in [4.78, 5) is 23.1. The van der Waals surface area contributed by atoms with E-state index < -0.39 is 37.7 Å². The topological polar surface area (TPSA) is 139 Å². The third-order valence-electron chi connectivity index (χ3n) is 2.87. The van der Waals surface area contributed by atoms with Crippen molar-refractivity contribution in [1.82, 2.24) is 0 Å². The number of carbonyl (C=O) groups is 2. The van der Waals surface area contributed by atoms with E-state index in [1.807, 2.05) is 67.8 Å². The summed E-state index contributed by atoms with van der Waals surface area (Å²) in [6.07, 6.45) is -0.900. The van der Waals surface area contributed by atoms with E-state index in [9.17, 15) is 14.7 Å². The molecule has 0 bridgehead atoms. The molecule has 0 aromatic heterocycles. The van der Waals surface area contributed by atoms with E-state index in [0.29, 0.717) is 27.6 Å². The standard InChI is InChI=1S/C13H15I3N2O6/c14-9-6(1-5(22)2-19)10(15)13(18-8(24)4-21)11(16)12(9)17-7(23)3-20/h5,19-22H,1-4H2,(H,17,23)(H,18,24). The SMILES string of the molecule is O=C(CO)Nc1c(I)c(CC(O)CO)c(I)c(NC(=O)CO)c1I. The summed E-state index contributed by atoms with van der Waals surface area (Å²) in [5.74, 6) is -1.25. The van der Waals surface area contributed by atoms with Crippen LogP contribution in [0, 0.1) is 10.7 Å². The predicted molar refractivity (Wildman–Crippen MR) is 113 cm³/mol. The average Bonchev–Trinajstić information content (AvgIpc) is 2.58. The smallest absolute Gasteiger partial charge is 0.250 e. The van der Waals surface area contributed by atoms with Crippen molar-refractivity contribution >= 4 is 91.0 Å². The Morgan fingerprint density at radius 2 is 1.29 bits per heavy atom. The van der Waals surface area contributed by atoms with E-state index in [1.165, 1.54) is 0 Å². The third kappa shape index (κ3) is 5.60. The van der Waals surface area contributed by atoms with Gasteiger partial charge in [-0.1, -0.05) is 0 Å². The van der Waals surface area contributed by atoms with Gasteiger partial charge in [-0.05, 0) is 73.3 Å². The predicted octanol–water partition coefficient (Wildman–Crippen LogP) is 0.258. The molecule has 8 nitrogen and oxygen atoms in total. The minimum atomic E-state index is -1.00. The van der Waals surface area contributed by atoms with Crippen LogP contribution in [-0.4, -0.2) is 58.2 Å². The van der Waals surface area contributed by atoms with Gasteiger partial charge in [0.1, 0.15) is 13.2 Å². The molecular weight excluding hydrogens is 661 g/mol. The number of hydrogen-bond acceptors (Lipinski definition) is 6. The maximum absolute atomic E-state index is 11.6. The van der Waals surface area contributed by atoms with Crippen molar-refractivity contribution in [2.24, 2.45) is 0 Å². The normalized spacial score (nSPS) is 12.0. The second-order valence-electron chi connectivity index (χ2n) is 4.62. The fourth-order valence-corrected chi connectivity index (χ4v) is 5.92. The first-order chi connectivity index (χ1) is 11.3. The van der Waals surface area contributed by atoms with Crippen LogP contribution < -0.4 is 10.6 Å². The van der Waals surface area contributed by atoms with Gasteiger partial charge in [-0.15, -0.1) is 0 Å². The zero-order chi connectivity index (χ0) is 18.4. The van der Waals surface area contributed by atoms with Crippen LogP contribution in [0.25, 0.3) is 0 Å². The molecular formula is C13H15I3N2O6. The first-order valence-electron chi connectivity index (χ1n) is 6.56. The molecule has 1 rings (SSSR count). The largest absolute Gasteiger partial charge is 0.394 e. The van der Waals surface area contributed by atoms with Gasteiger partial charge in [-0.25, -0.2) is 0 Å². The molecule has 24 heavy (non-hydrogen) atoms. The molecule has 0 saturated carbocycles. The van der Waals surface area contributed by atoms with Gasteiger partial charge in [-0.3, -0.25) is 9.59 Å². The number of amides is 2. The summed E-state index contributed by atoms with van der Waals surface area (Å²) in [5, 5.41) is 41.8. The summed E-state index contributed by atoms with van der Waals surface area (Å²) in [6, 6.07) is 0. The van der Waals surface area contributed by atoms with Crippen molar-refractivity contribution in [1.29, 1.82) is 0 Å². The number of nitrogens with one attached hydrogen (secondary N) is 2. The van der Waals surface area contributed by atoms with E-state index in [4.69, 9.17) is 15.3 Å². The highest BCUT2D eigenvalue weighted by molar-refractivity contribution is 14.1. The monoisotopic (exact) mass is 676 g/mol. The van der Waals surface area contributed by atoms with Crippen molar-refractivity contribution in [3.63, 3.8) is 0 Å². The molecule has 6 N–H and O–H groups in total. The summed E-state index contributed by atoms with van der Waals surface area (Å²) >= 11 is 5.92. The van der Waals surface area contributed by atoms with Crippen molar-refractivity contribution in [2.45, 2.75) is 12.5 Å². The van der Waals surface area contributed by atoms with Crippen molar-refractivity contribution in [3.05, 3.63) is 16.3 Å². The van der Waals surface area contributed by atoms with Crippen molar-refractivity contribution in [2.75, 3.05) is 30.5 Å². The number of rotatable bonds is 7. The van der Waals surface area contributed by atoms with Gasteiger partial charge in [0.15, 0.2) is 0 Å². The first-order valence-corrected chi connectivity index (χ1v) is 9.80. The molecule has 0 radical (unpaired) electrons. The fourth-order valence-electron chi connectivity index (χ4n) is 1.77. The quantitative estimate of drug-likeness (QED) is 0.230. The van der Waals surface area contributed by atoms with Crippen LogP contribution in [0.1, 0.15) is 5.56 Å². The lowest BCUT2D eigenvalue weighted by molar-refractivity contribution is -0.119. The first kappa shape index (κ1) is 22.2. The molecule has 11 heteroatoms. The summed E-state index contributed by atoms with van der Waals surface area (Å²) in [5.41, 5.74) is 1.38. The fraction of sp³-hybridized carbons (Fsp3) is 0.385. The number of benzene rings is 1. The van der Waals surface area contributed by atoms with Gasteiger partial charge in [-0.2, -0.15) is 0 Å². The van der Waals surface area contributed by atoms with Crippen LogP contribution in [0.2, 0.25) is 0 Å². The number of aliphatic hydroxyl groups excluding tert-OH is 4. The number of aliphatic hydroxyl groups is 4. The van der Waals surface area contributed by atoms with Crippen LogP contribution in [0.4, 0.5) is 11.4 Å². The van der Waals surface area contributed by atoms with E-state index in [0.717, 1.165) is 0 Å². The minimum Gasteiger partial charge on any atom is -0.394 e. The molecule has 1 unspecified atom stereocenters. The van der Waals surface area contributed by atoms with E-state index in [-0.39, 0.29) is 6.42 Å². The van der Waals surface area contributed by atoms with Gasteiger partial charge in [0.2, 0.25) is 11.8 Å². The second kappa shape index (κ2) is 10.4. The molecule has 2 amide bonds. The Kier molecular flexibility index (Phi) is 9.60. The molecule has 0 fully saturated rings. The lowest BCUT2D eigenvalue weighted by atomic mass is 10.1. The molecule has 0 heterocycles. The zero-order valence-corrected chi connectivity index (χ0v) is 18.6. The van der Waals surface area contributed by atoms with Gasteiger partial charge >= 0.3 is 0 Å². The minimum absolute atomic E-state index is 0.105. The maximum atomic E-state index is 11.6. The van der Waals surface area contributed by atoms with E-state index in [2.05, 4.69) is 10.6 Å². The van der Waals surface area contributed by atoms with Crippen LogP contribution in [0.15, 0.2) is 0 Å². The average molecular weight is 676 g/mol. The molecule has 0 aliphatic rings. The lowest BCUT2D eigenvalue weighted by Crippen LogP contribution is -2.23. The van der Waals surface area contributed by atoms with Crippen LogP contribution >= 0.6 is 67.8 Å². The molecule has 0 aliphatic heterocycles. The lowest BCUT2D eigenvalue weighted by Gasteiger charge is -2.21. The molecule has 134 valence electrons. The Morgan fingerprint density at radius 1 is 0.875 bits per heavy atom. The van der Waals surface area contributed by atoms with E-state index >= 15 is 0 Å². The molecule has 0 aliphatic carbocycles. The van der Waals surface area contributed by atoms with Gasteiger partial charge in [0.05, 0.1) is 27.7 Å². The highest BCUT2D eigenvalue weighted by atomic mass is 127. The van der Waals surface area contributed by atoms with Crippen LogP contribution in [-0.2, 0) is 16.0 Å². The van der Waals surface area contributed by atoms with Gasteiger partial charge < -0.3 is 31.1 Å². The summed E-state index contributed by atoms with van der Waals surface area (Å²) in [7, 11) is 0. The zero-order valence-electron chi connectivity index (χ0n) is 12.1. The molecule has 0 saturated heterocycles.